The maximum atomic E-state index is 12.8. The van der Waals surface area contributed by atoms with Gasteiger partial charge in [-0.2, -0.15) is 0 Å². The van der Waals surface area contributed by atoms with Crippen LogP contribution in [-0.2, 0) is 4.79 Å². The lowest BCUT2D eigenvalue weighted by Gasteiger charge is -2.35. The number of carbonyl (C=O) groups excluding carboxylic acids is 3. The number of carbonyl (C=O) groups is 3. The summed E-state index contributed by atoms with van der Waals surface area (Å²) in [5.74, 6) is 0.0850. The Balaban J connectivity index is 2.28. The molecule has 1 aliphatic heterocycles. The van der Waals surface area contributed by atoms with Crippen molar-refractivity contribution in [2.24, 2.45) is 5.92 Å². The van der Waals surface area contributed by atoms with Crippen LogP contribution in [0.4, 0.5) is 10.5 Å². The van der Waals surface area contributed by atoms with E-state index in [1.54, 1.807) is 42.1 Å². The molecule has 1 aromatic rings. The Kier molecular flexibility index (Phi) is 6.88. The van der Waals surface area contributed by atoms with Gasteiger partial charge in [-0.05, 0) is 32.0 Å². The van der Waals surface area contributed by atoms with Crippen LogP contribution < -0.4 is 15.4 Å². The van der Waals surface area contributed by atoms with E-state index in [1.165, 1.54) is 6.92 Å². The molecule has 2 N–H and O–H groups in total. The molecule has 0 bridgehead atoms. The first-order valence-corrected chi connectivity index (χ1v) is 9.43. The first-order chi connectivity index (χ1) is 13.1. The van der Waals surface area contributed by atoms with Crippen LogP contribution in [0, 0.1) is 5.92 Å². The number of benzene rings is 1. The van der Waals surface area contributed by atoms with Crippen LogP contribution in [0.25, 0.3) is 0 Å². The lowest BCUT2D eigenvalue weighted by Crippen LogP contribution is -2.49. The third kappa shape index (κ3) is 5.37. The van der Waals surface area contributed by atoms with E-state index in [9.17, 15) is 14.4 Å². The van der Waals surface area contributed by atoms with Crippen LogP contribution in [-0.4, -0.2) is 67.0 Å². The number of amides is 4. The minimum Gasteiger partial charge on any atom is -0.487 e. The van der Waals surface area contributed by atoms with Crippen LogP contribution in [0.5, 0.6) is 5.75 Å². The van der Waals surface area contributed by atoms with Gasteiger partial charge in [-0.15, -0.1) is 0 Å². The van der Waals surface area contributed by atoms with Crippen LogP contribution in [0.1, 0.15) is 38.1 Å². The second kappa shape index (κ2) is 8.95. The molecule has 0 unspecified atom stereocenters. The average Bonchev–Trinajstić information content (AvgIpc) is 2.59. The van der Waals surface area contributed by atoms with Crippen molar-refractivity contribution in [2.45, 2.75) is 39.8 Å². The second-order valence-corrected chi connectivity index (χ2v) is 7.70. The number of hydrogen-bond donors (Lipinski definition) is 2. The molecular weight excluding hydrogens is 360 g/mol. The van der Waals surface area contributed by atoms with Crippen molar-refractivity contribution < 1.29 is 19.1 Å². The number of anilines is 1. The van der Waals surface area contributed by atoms with Gasteiger partial charge in [0, 0.05) is 45.2 Å². The lowest BCUT2D eigenvalue weighted by atomic mass is 10.0. The normalized spacial score (nSPS) is 19.2. The Morgan fingerprint density at radius 2 is 2.04 bits per heavy atom. The Morgan fingerprint density at radius 1 is 1.36 bits per heavy atom. The summed E-state index contributed by atoms with van der Waals surface area (Å²) in [5.41, 5.74) is 0.926. The molecule has 0 aliphatic carbocycles. The van der Waals surface area contributed by atoms with Gasteiger partial charge in [0.05, 0.1) is 12.1 Å². The Labute approximate surface area is 166 Å². The van der Waals surface area contributed by atoms with E-state index in [2.05, 4.69) is 10.6 Å². The van der Waals surface area contributed by atoms with Gasteiger partial charge in [0.15, 0.2) is 0 Å². The Hall–Kier alpha value is -2.77. The fourth-order valence-corrected chi connectivity index (χ4v) is 3.13. The first kappa shape index (κ1) is 21.5. The van der Waals surface area contributed by atoms with Crippen molar-refractivity contribution in [3.05, 3.63) is 23.8 Å². The molecule has 0 aromatic heterocycles. The molecule has 1 aliphatic rings. The first-order valence-electron chi connectivity index (χ1n) is 9.43. The van der Waals surface area contributed by atoms with E-state index in [1.807, 2.05) is 20.8 Å². The zero-order chi connectivity index (χ0) is 21.0. The molecule has 1 aromatic carbocycles. The Morgan fingerprint density at radius 3 is 2.64 bits per heavy atom. The summed E-state index contributed by atoms with van der Waals surface area (Å²) in [6.07, 6.45) is -0.288. The number of hydrogen-bond acceptors (Lipinski definition) is 4. The lowest BCUT2D eigenvalue weighted by molar-refractivity contribution is -0.114. The molecule has 28 heavy (non-hydrogen) atoms. The zero-order valence-electron chi connectivity index (χ0n) is 17.4. The van der Waals surface area contributed by atoms with E-state index in [-0.39, 0.29) is 35.9 Å². The van der Waals surface area contributed by atoms with Crippen molar-refractivity contribution in [1.82, 2.24) is 15.1 Å². The molecule has 0 radical (unpaired) electrons. The minimum absolute atomic E-state index is 0.0198. The van der Waals surface area contributed by atoms with Gasteiger partial charge < -0.3 is 25.2 Å². The van der Waals surface area contributed by atoms with Crippen molar-refractivity contribution in [3.8, 4) is 5.75 Å². The molecular formula is C20H30N4O4. The highest BCUT2D eigenvalue weighted by Crippen LogP contribution is 2.29. The summed E-state index contributed by atoms with van der Waals surface area (Å²) in [5, 5.41) is 5.55. The molecule has 0 fully saturated rings. The highest BCUT2D eigenvalue weighted by molar-refractivity contribution is 5.99. The zero-order valence-corrected chi connectivity index (χ0v) is 17.4. The van der Waals surface area contributed by atoms with E-state index in [0.29, 0.717) is 30.1 Å². The highest BCUT2D eigenvalue weighted by atomic mass is 16.5. The van der Waals surface area contributed by atoms with E-state index < -0.39 is 0 Å². The molecule has 8 heteroatoms. The fraction of sp³-hybridized carbons (Fsp3) is 0.550. The van der Waals surface area contributed by atoms with Gasteiger partial charge >= 0.3 is 6.03 Å². The standard InChI is InChI=1S/C20H30N4O4/c1-12(2)21-20(27)24(6)11-18-13(3)10-23(5)19(26)16-9-15(22-14(4)25)7-8-17(16)28-18/h7-9,12-13,18H,10-11H2,1-6H3,(H,21,27)(H,22,25)/t13-,18-/m0/s1. The summed E-state index contributed by atoms with van der Waals surface area (Å²) in [6.45, 7) is 8.10. The quantitative estimate of drug-likeness (QED) is 0.824. The number of nitrogens with zero attached hydrogens (tertiary/aromatic N) is 2. The smallest absolute Gasteiger partial charge is 0.317 e. The van der Waals surface area contributed by atoms with Crippen molar-refractivity contribution >= 4 is 23.5 Å². The largest absolute Gasteiger partial charge is 0.487 e. The van der Waals surface area contributed by atoms with E-state index in [0.717, 1.165) is 0 Å². The van der Waals surface area contributed by atoms with Gasteiger partial charge in [0.2, 0.25) is 5.91 Å². The molecule has 8 nitrogen and oxygen atoms in total. The van der Waals surface area contributed by atoms with Gasteiger partial charge in [0.25, 0.3) is 5.91 Å². The van der Waals surface area contributed by atoms with Crippen LogP contribution in [0.2, 0.25) is 0 Å². The number of nitrogens with one attached hydrogen (secondary N) is 2. The van der Waals surface area contributed by atoms with Gasteiger partial charge in [-0.3, -0.25) is 9.59 Å². The molecule has 0 saturated carbocycles. The van der Waals surface area contributed by atoms with Crippen molar-refractivity contribution in [1.29, 1.82) is 0 Å². The second-order valence-electron chi connectivity index (χ2n) is 7.70. The molecule has 0 saturated heterocycles. The molecule has 1 heterocycles. The maximum absolute atomic E-state index is 12.8. The number of ether oxygens (including phenoxy) is 1. The summed E-state index contributed by atoms with van der Waals surface area (Å²) in [6, 6.07) is 4.89. The van der Waals surface area contributed by atoms with Crippen LogP contribution >= 0.6 is 0 Å². The summed E-state index contributed by atoms with van der Waals surface area (Å²) in [7, 11) is 3.47. The van der Waals surface area contributed by atoms with Crippen molar-refractivity contribution in [2.75, 3.05) is 32.5 Å². The minimum atomic E-state index is -0.288. The third-order valence-electron chi connectivity index (χ3n) is 4.56. The van der Waals surface area contributed by atoms with Gasteiger partial charge in [0.1, 0.15) is 11.9 Å². The molecule has 2 atom stereocenters. The summed E-state index contributed by atoms with van der Waals surface area (Å²) >= 11 is 0. The summed E-state index contributed by atoms with van der Waals surface area (Å²) in [4.78, 5) is 39.6. The summed E-state index contributed by atoms with van der Waals surface area (Å²) < 4.78 is 6.17. The Bertz CT molecular complexity index is 750. The number of rotatable bonds is 4. The van der Waals surface area contributed by atoms with Gasteiger partial charge in [-0.1, -0.05) is 6.92 Å². The average molecular weight is 390 g/mol. The van der Waals surface area contributed by atoms with Crippen LogP contribution in [0.3, 0.4) is 0 Å². The SMILES string of the molecule is CC(=O)Nc1ccc2c(c1)C(=O)N(C)C[C@H](C)[C@H](CN(C)C(=O)NC(C)C)O2. The van der Waals surface area contributed by atoms with E-state index in [4.69, 9.17) is 4.74 Å². The van der Waals surface area contributed by atoms with Crippen LogP contribution in [0.15, 0.2) is 18.2 Å². The maximum Gasteiger partial charge on any atom is 0.317 e. The number of likely N-dealkylation sites (N-methyl/N-ethyl adjacent to an activating group) is 1. The molecule has 4 amide bonds. The fourth-order valence-electron chi connectivity index (χ4n) is 3.13. The van der Waals surface area contributed by atoms with E-state index >= 15 is 0 Å². The van der Waals surface area contributed by atoms with Gasteiger partial charge in [-0.25, -0.2) is 4.79 Å². The van der Waals surface area contributed by atoms with Crippen molar-refractivity contribution in [3.63, 3.8) is 0 Å². The third-order valence-corrected chi connectivity index (χ3v) is 4.56. The predicted molar refractivity (Wildman–Crippen MR) is 108 cm³/mol. The predicted octanol–water partition coefficient (Wildman–Crippen LogP) is 2.16. The molecule has 0 spiro atoms. The monoisotopic (exact) mass is 390 g/mol. The highest BCUT2D eigenvalue weighted by Gasteiger charge is 2.31. The number of fused-ring (bicyclic) bond motifs is 1. The number of urea groups is 1. The topological polar surface area (TPSA) is 91.0 Å². The molecule has 154 valence electrons. The molecule has 2 rings (SSSR count).